The van der Waals surface area contributed by atoms with Crippen LogP contribution in [-0.4, -0.2) is 42.4 Å². The Bertz CT molecular complexity index is 436. The molecule has 0 radical (unpaired) electrons. The third kappa shape index (κ3) is 4.35. The molecule has 118 valence electrons. The third-order valence-electron chi connectivity index (χ3n) is 3.87. The van der Waals surface area contributed by atoms with Gasteiger partial charge in [-0.25, -0.2) is 0 Å². The topological polar surface area (TPSA) is 41.9 Å². The maximum Gasteiger partial charge on any atom is 0.161 e. The summed E-state index contributed by atoms with van der Waals surface area (Å²) in [7, 11) is 0. The van der Waals surface area contributed by atoms with Gasteiger partial charge in [-0.3, -0.25) is 4.90 Å². The van der Waals surface area contributed by atoms with E-state index in [1.165, 1.54) is 12.0 Å². The van der Waals surface area contributed by atoms with Crippen LogP contribution in [0, 0.1) is 0 Å². The molecule has 1 N–H and O–H groups in total. The summed E-state index contributed by atoms with van der Waals surface area (Å²) in [4.78, 5) is 2.34. The van der Waals surface area contributed by atoms with Crippen LogP contribution < -0.4 is 9.47 Å². The first-order valence-electron chi connectivity index (χ1n) is 8.01. The SMILES string of the molecule is CCCOc1ccc(CN2CCC[C@H]2CO)cc1OCC. The van der Waals surface area contributed by atoms with E-state index in [0.29, 0.717) is 19.3 Å². The Balaban J connectivity index is 2.07. The van der Waals surface area contributed by atoms with Crippen LogP contribution in [0.3, 0.4) is 0 Å². The van der Waals surface area contributed by atoms with Crippen LogP contribution in [0.2, 0.25) is 0 Å². The number of hydrogen-bond acceptors (Lipinski definition) is 4. The van der Waals surface area contributed by atoms with E-state index in [-0.39, 0.29) is 6.61 Å². The van der Waals surface area contributed by atoms with Crippen molar-refractivity contribution in [1.82, 2.24) is 4.90 Å². The second kappa shape index (κ2) is 8.25. The molecule has 1 heterocycles. The molecule has 1 atom stereocenters. The van der Waals surface area contributed by atoms with E-state index in [0.717, 1.165) is 37.4 Å². The average Bonchev–Trinajstić information content (AvgIpc) is 2.94. The Hall–Kier alpha value is -1.26. The van der Waals surface area contributed by atoms with Crippen molar-refractivity contribution in [2.45, 2.75) is 45.7 Å². The predicted octanol–water partition coefficient (Wildman–Crippen LogP) is 2.83. The summed E-state index contributed by atoms with van der Waals surface area (Å²) in [5, 5.41) is 9.41. The number of aliphatic hydroxyl groups is 1. The van der Waals surface area contributed by atoms with E-state index in [2.05, 4.69) is 24.0 Å². The lowest BCUT2D eigenvalue weighted by molar-refractivity contribution is 0.153. The number of nitrogens with zero attached hydrogens (tertiary/aromatic N) is 1. The number of likely N-dealkylation sites (tertiary alicyclic amines) is 1. The maximum absolute atomic E-state index is 9.41. The van der Waals surface area contributed by atoms with E-state index in [4.69, 9.17) is 9.47 Å². The summed E-state index contributed by atoms with van der Waals surface area (Å²) in [6.45, 7) is 7.58. The van der Waals surface area contributed by atoms with Gasteiger partial charge in [-0.2, -0.15) is 0 Å². The molecular formula is C17H27NO3. The molecule has 21 heavy (non-hydrogen) atoms. The first-order valence-corrected chi connectivity index (χ1v) is 8.01. The molecule has 0 spiro atoms. The molecule has 4 heteroatoms. The predicted molar refractivity (Wildman–Crippen MR) is 83.9 cm³/mol. The molecule has 2 rings (SSSR count). The Labute approximate surface area is 127 Å². The van der Waals surface area contributed by atoms with Gasteiger partial charge in [-0.15, -0.1) is 0 Å². The minimum absolute atomic E-state index is 0.246. The number of hydrogen-bond donors (Lipinski definition) is 1. The molecule has 0 saturated carbocycles. The Morgan fingerprint density at radius 1 is 1.24 bits per heavy atom. The quantitative estimate of drug-likeness (QED) is 0.800. The average molecular weight is 293 g/mol. The molecule has 1 aliphatic rings. The minimum Gasteiger partial charge on any atom is -0.490 e. The zero-order valence-electron chi connectivity index (χ0n) is 13.2. The van der Waals surface area contributed by atoms with Gasteiger partial charge >= 0.3 is 0 Å². The fourth-order valence-corrected chi connectivity index (χ4v) is 2.79. The summed E-state index contributed by atoms with van der Waals surface area (Å²) in [5.74, 6) is 1.64. The van der Waals surface area contributed by atoms with E-state index in [9.17, 15) is 5.11 Å². The lowest BCUT2D eigenvalue weighted by atomic mass is 10.1. The second-order valence-corrected chi connectivity index (χ2v) is 5.51. The first-order chi connectivity index (χ1) is 10.3. The smallest absolute Gasteiger partial charge is 0.161 e. The highest BCUT2D eigenvalue weighted by molar-refractivity contribution is 5.43. The zero-order valence-corrected chi connectivity index (χ0v) is 13.2. The van der Waals surface area contributed by atoms with E-state index >= 15 is 0 Å². The lowest BCUT2D eigenvalue weighted by Crippen LogP contribution is -2.31. The van der Waals surface area contributed by atoms with Crippen molar-refractivity contribution in [2.24, 2.45) is 0 Å². The lowest BCUT2D eigenvalue weighted by Gasteiger charge is -2.23. The summed E-state index contributed by atoms with van der Waals surface area (Å²) in [6.07, 6.45) is 3.24. The maximum atomic E-state index is 9.41. The number of ether oxygens (including phenoxy) is 2. The van der Waals surface area contributed by atoms with Crippen molar-refractivity contribution in [1.29, 1.82) is 0 Å². The number of benzene rings is 1. The van der Waals surface area contributed by atoms with Crippen LogP contribution in [-0.2, 0) is 6.54 Å². The monoisotopic (exact) mass is 293 g/mol. The van der Waals surface area contributed by atoms with Crippen molar-refractivity contribution < 1.29 is 14.6 Å². The Kier molecular flexibility index (Phi) is 6.33. The molecular weight excluding hydrogens is 266 g/mol. The van der Waals surface area contributed by atoms with Crippen LogP contribution in [0.4, 0.5) is 0 Å². The fourth-order valence-electron chi connectivity index (χ4n) is 2.79. The molecule has 0 aliphatic carbocycles. The van der Waals surface area contributed by atoms with Gasteiger partial charge in [-0.1, -0.05) is 13.0 Å². The van der Waals surface area contributed by atoms with Crippen LogP contribution in [0.5, 0.6) is 11.5 Å². The zero-order chi connectivity index (χ0) is 15.1. The van der Waals surface area contributed by atoms with Crippen molar-refractivity contribution in [3.8, 4) is 11.5 Å². The standard InChI is InChI=1S/C17H27NO3/c1-3-10-21-16-8-7-14(11-17(16)20-4-2)12-18-9-5-6-15(18)13-19/h7-8,11,15,19H,3-6,9-10,12-13H2,1-2H3/t15-/m0/s1. The highest BCUT2D eigenvalue weighted by Gasteiger charge is 2.23. The summed E-state index contributed by atoms with van der Waals surface area (Å²) in [5.41, 5.74) is 1.21. The van der Waals surface area contributed by atoms with Gasteiger partial charge in [0, 0.05) is 12.6 Å². The summed E-state index contributed by atoms with van der Waals surface area (Å²) < 4.78 is 11.4. The molecule has 4 nitrogen and oxygen atoms in total. The van der Waals surface area contributed by atoms with Crippen LogP contribution >= 0.6 is 0 Å². The van der Waals surface area contributed by atoms with Crippen molar-refractivity contribution in [3.63, 3.8) is 0 Å². The molecule has 1 aromatic rings. The van der Waals surface area contributed by atoms with Crippen molar-refractivity contribution >= 4 is 0 Å². The highest BCUT2D eigenvalue weighted by atomic mass is 16.5. The van der Waals surface area contributed by atoms with E-state index < -0.39 is 0 Å². The fraction of sp³-hybridized carbons (Fsp3) is 0.647. The molecule has 1 fully saturated rings. The molecule has 1 aromatic carbocycles. The molecule has 0 bridgehead atoms. The van der Waals surface area contributed by atoms with Crippen LogP contribution in [0.15, 0.2) is 18.2 Å². The Morgan fingerprint density at radius 2 is 2.10 bits per heavy atom. The van der Waals surface area contributed by atoms with Crippen molar-refractivity contribution in [3.05, 3.63) is 23.8 Å². The molecule has 1 aliphatic heterocycles. The van der Waals surface area contributed by atoms with Gasteiger partial charge in [0.1, 0.15) is 0 Å². The van der Waals surface area contributed by atoms with Gasteiger partial charge in [0.2, 0.25) is 0 Å². The summed E-state index contributed by atoms with van der Waals surface area (Å²) >= 11 is 0. The second-order valence-electron chi connectivity index (χ2n) is 5.51. The molecule has 0 aromatic heterocycles. The Morgan fingerprint density at radius 3 is 2.81 bits per heavy atom. The van der Waals surface area contributed by atoms with Crippen molar-refractivity contribution in [2.75, 3.05) is 26.4 Å². The van der Waals surface area contributed by atoms with Gasteiger partial charge in [0.05, 0.1) is 19.8 Å². The number of aliphatic hydroxyl groups excluding tert-OH is 1. The highest BCUT2D eigenvalue weighted by Crippen LogP contribution is 2.30. The van der Waals surface area contributed by atoms with Gasteiger partial charge in [0.25, 0.3) is 0 Å². The molecule has 0 amide bonds. The van der Waals surface area contributed by atoms with Crippen LogP contribution in [0.1, 0.15) is 38.7 Å². The van der Waals surface area contributed by atoms with E-state index in [1.807, 2.05) is 13.0 Å². The normalized spacial score (nSPS) is 18.9. The molecule has 0 unspecified atom stereocenters. The van der Waals surface area contributed by atoms with Gasteiger partial charge in [0.15, 0.2) is 11.5 Å². The van der Waals surface area contributed by atoms with Crippen LogP contribution in [0.25, 0.3) is 0 Å². The summed E-state index contributed by atoms with van der Waals surface area (Å²) in [6, 6.07) is 6.47. The third-order valence-corrected chi connectivity index (χ3v) is 3.87. The first kappa shape index (κ1) is 16.1. The molecule has 1 saturated heterocycles. The van der Waals surface area contributed by atoms with Gasteiger partial charge < -0.3 is 14.6 Å². The minimum atomic E-state index is 0.246. The van der Waals surface area contributed by atoms with E-state index in [1.54, 1.807) is 0 Å². The van der Waals surface area contributed by atoms with Gasteiger partial charge in [-0.05, 0) is 50.4 Å². The number of rotatable bonds is 8. The largest absolute Gasteiger partial charge is 0.490 e.